The molecule has 0 aliphatic rings. The predicted molar refractivity (Wildman–Crippen MR) is 25.5 cm³/mol. The Morgan fingerprint density at radius 2 is 1.00 bits per heavy atom. The molecule has 0 spiro atoms. The van der Waals surface area contributed by atoms with Crippen molar-refractivity contribution in [1.29, 1.82) is 0 Å². The van der Waals surface area contributed by atoms with Gasteiger partial charge >= 0.3 is 68.9 Å². The van der Waals surface area contributed by atoms with E-state index in [2.05, 4.69) is 0 Å². The largest absolute Gasteiger partial charge is 1.00 e. The molecule has 0 heterocycles. The summed E-state index contributed by atoms with van der Waals surface area (Å²) in [5.74, 6) is 0. The van der Waals surface area contributed by atoms with E-state index in [4.69, 9.17) is 0 Å². The fourth-order valence-electron chi connectivity index (χ4n) is 0. The monoisotopic (exact) mass is 236 g/mol. The molecular weight excluding hydrogens is 231 g/mol. The molecule has 0 aliphatic carbocycles. The predicted octanol–water partition coefficient (Wildman–Crippen LogP) is -3.22. The Labute approximate surface area is 109 Å². The van der Waals surface area contributed by atoms with Crippen LogP contribution in [0, 0.1) is 0 Å². The molecule has 0 aliphatic heterocycles. The Morgan fingerprint density at radius 1 is 1.00 bits per heavy atom. The van der Waals surface area contributed by atoms with E-state index < -0.39 is 0 Å². The third-order valence-electron chi connectivity index (χ3n) is 0. The molecule has 0 aromatic heterocycles. The van der Waals surface area contributed by atoms with E-state index in [0.29, 0.717) is 0 Å². The minimum absolute atomic E-state index is 0. The van der Waals surface area contributed by atoms with Crippen molar-refractivity contribution in [2.75, 3.05) is 0 Å². The summed E-state index contributed by atoms with van der Waals surface area (Å²) in [7, 11) is 0. The number of halogens is 2. The van der Waals surface area contributed by atoms with Crippen LogP contribution < -0.4 is 68.9 Å². The molecule has 0 saturated carbocycles. The van der Waals surface area contributed by atoms with Gasteiger partial charge in [-0.2, -0.15) is 0 Å². The van der Waals surface area contributed by atoms with E-state index in [1.807, 2.05) is 0 Å². The summed E-state index contributed by atoms with van der Waals surface area (Å²) in [5.41, 5.74) is 0. The summed E-state index contributed by atoms with van der Waals surface area (Å²) in [6.45, 7) is 0. The van der Waals surface area contributed by atoms with Crippen LogP contribution >= 0.6 is 24.8 Å². The summed E-state index contributed by atoms with van der Waals surface area (Å²) in [6.07, 6.45) is 0. The Bertz CT molecular complexity index is 9.61. The Balaban J connectivity index is 0. The van der Waals surface area contributed by atoms with E-state index in [-0.39, 0.29) is 112 Å². The van der Waals surface area contributed by atoms with E-state index >= 15 is 0 Å². The molecule has 0 rings (SSSR count). The van der Waals surface area contributed by atoms with Gasteiger partial charge in [0.1, 0.15) is 0 Å². The third kappa shape index (κ3) is 8.94. The van der Waals surface area contributed by atoms with Crippen molar-refractivity contribution in [2.24, 2.45) is 0 Å². The first-order valence-electron chi connectivity index (χ1n) is 0. The fourth-order valence-corrected chi connectivity index (χ4v) is 0. The first kappa shape index (κ1) is 27.2. The summed E-state index contributed by atoms with van der Waals surface area (Å²) in [6, 6.07) is 0. The molecule has 4 heavy (non-hydrogen) atoms. The minimum Gasteiger partial charge on any atom is -1.00 e. The van der Waals surface area contributed by atoms with Gasteiger partial charge in [0.05, 0.1) is 0 Å². The molecule has 0 amide bonds. The molecule has 0 nitrogen and oxygen atoms in total. The number of rotatable bonds is 0. The van der Waals surface area contributed by atoms with Gasteiger partial charge in [-0.05, 0) is 0 Å². The van der Waals surface area contributed by atoms with E-state index in [1.165, 1.54) is 0 Å². The maximum atomic E-state index is 0. The van der Waals surface area contributed by atoms with Gasteiger partial charge < -0.3 is 1.43 Å². The van der Waals surface area contributed by atoms with Crippen LogP contribution in [-0.4, -0.2) is 17.4 Å². The van der Waals surface area contributed by atoms with Crippen molar-refractivity contribution in [1.82, 2.24) is 0 Å². The van der Waals surface area contributed by atoms with Crippen molar-refractivity contribution >= 4 is 42.2 Å². The van der Waals surface area contributed by atoms with E-state index in [1.54, 1.807) is 0 Å². The summed E-state index contributed by atoms with van der Waals surface area (Å²) >= 11 is 0. The number of hydrogen-bond acceptors (Lipinski definition) is 0. The fraction of sp³-hybridized carbons (Fsp3) is 0. The zero-order valence-electron chi connectivity index (χ0n) is 2.82. The zero-order chi connectivity index (χ0) is 0. The average Bonchev–Trinajstić information content (AvgIpc) is 0. The van der Waals surface area contributed by atoms with Crippen LogP contribution in [0.2, 0.25) is 0 Å². The van der Waals surface area contributed by atoms with Gasteiger partial charge in [-0.1, -0.05) is 0 Å². The molecule has 0 N–H and O–H groups in total. The van der Waals surface area contributed by atoms with Crippen LogP contribution in [0.1, 0.15) is 1.43 Å². The first-order chi connectivity index (χ1) is 0. The van der Waals surface area contributed by atoms with Crippen molar-refractivity contribution in [3.05, 3.63) is 0 Å². The maximum absolute atomic E-state index is 0. The standard InChI is InChI=1S/Al.2ClH.Cs.4H/h;2*1H;;;;;/q;;;+1;;;;-1. The molecule has 0 atom stereocenters. The number of hydrogen-bond donors (Lipinski definition) is 0. The Kier molecular flexibility index (Phi) is 112. The van der Waals surface area contributed by atoms with Gasteiger partial charge in [-0.3, -0.25) is 0 Å². The third-order valence-corrected chi connectivity index (χ3v) is 0. The van der Waals surface area contributed by atoms with Crippen LogP contribution in [0.5, 0.6) is 0 Å². The molecule has 0 unspecified atom stereocenters. The summed E-state index contributed by atoms with van der Waals surface area (Å²) in [4.78, 5) is 0. The van der Waals surface area contributed by atoms with Gasteiger partial charge in [0.15, 0.2) is 17.4 Å². The van der Waals surface area contributed by atoms with Crippen LogP contribution in [0.4, 0.5) is 0 Å². The first-order valence-corrected chi connectivity index (χ1v) is 0. The molecule has 0 saturated heterocycles. The molecular formula is H6AlCl2Cs. The summed E-state index contributed by atoms with van der Waals surface area (Å²) in [5, 5.41) is 0. The second kappa shape index (κ2) is 16.4. The van der Waals surface area contributed by atoms with Gasteiger partial charge in [-0.25, -0.2) is 0 Å². The molecule has 0 bridgehead atoms. The average molecular weight is 237 g/mol. The van der Waals surface area contributed by atoms with Crippen LogP contribution in [-0.2, 0) is 0 Å². The van der Waals surface area contributed by atoms with E-state index in [9.17, 15) is 0 Å². The van der Waals surface area contributed by atoms with Gasteiger partial charge in [0.25, 0.3) is 0 Å². The quantitative estimate of drug-likeness (QED) is 0.389. The van der Waals surface area contributed by atoms with Crippen molar-refractivity contribution in [3.63, 3.8) is 0 Å². The second-order valence-electron chi connectivity index (χ2n) is 0. The van der Waals surface area contributed by atoms with E-state index in [0.717, 1.165) is 0 Å². The molecule has 0 aromatic rings. The molecule has 0 fully saturated rings. The van der Waals surface area contributed by atoms with Gasteiger partial charge in [0.2, 0.25) is 0 Å². The molecule has 0 radical (unpaired) electrons. The van der Waals surface area contributed by atoms with Crippen molar-refractivity contribution in [2.45, 2.75) is 0 Å². The van der Waals surface area contributed by atoms with Gasteiger partial charge in [-0.15, -0.1) is 24.8 Å². The SMILES string of the molecule is Cl.Cl.[AlH3].[Cs+].[H-]. The normalized spacial score (nSPS) is 0. The Morgan fingerprint density at radius 3 is 1.00 bits per heavy atom. The van der Waals surface area contributed by atoms with Crippen LogP contribution in [0.15, 0.2) is 0 Å². The Hall–Kier alpha value is 3.16. The smallest absolute Gasteiger partial charge is 1.00 e. The van der Waals surface area contributed by atoms with Crippen molar-refractivity contribution < 1.29 is 70.3 Å². The minimum atomic E-state index is 0. The topological polar surface area (TPSA) is 0 Å². The van der Waals surface area contributed by atoms with Gasteiger partial charge in [0, 0.05) is 0 Å². The molecule has 4 heteroatoms. The van der Waals surface area contributed by atoms with Crippen molar-refractivity contribution in [3.8, 4) is 0 Å². The summed E-state index contributed by atoms with van der Waals surface area (Å²) < 4.78 is 0. The zero-order valence-corrected chi connectivity index (χ0v) is 9.73. The molecule has 24 valence electrons. The molecule has 0 aromatic carbocycles. The second-order valence-corrected chi connectivity index (χ2v) is 0. The van der Waals surface area contributed by atoms with Crippen LogP contribution in [0.25, 0.3) is 0 Å². The maximum Gasteiger partial charge on any atom is 1.00 e. The van der Waals surface area contributed by atoms with Crippen LogP contribution in [0.3, 0.4) is 0 Å².